The molecule has 0 aromatic heterocycles. The Balaban J connectivity index is 4.06. The average Bonchev–Trinajstić information content (AvgIpc) is 2.25. The number of thioether (sulfide) groups is 1. The minimum absolute atomic E-state index is 0.00253. The molecule has 96 valence electrons. The Hall–Kier alpha value is -1.35. The number of carboxylic acids is 1. The Kier molecular flexibility index (Phi) is 8.07. The zero-order valence-electron chi connectivity index (χ0n) is 10.0. The van der Waals surface area contributed by atoms with Crippen molar-refractivity contribution in [3.63, 3.8) is 0 Å². The maximum atomic E-state index is 11.4. The number of hydrogen-bond acceptors (Lipinski definition) is 3. The molecule has 3 N–H and O–H groups in total. The summed E-state index contributed by atoms with van der Waals surface area (Å²) in [6.07, 6.45) is 7.82. The molecule has 0 rings (SSSR count). The summed E-state index contributed by atoms with van der Waals surface area (Å²) in [5.41, 5.74) is 0. The van der Waals surface area contributed by atoms with Crippen LogP contribution < -0.4 is 10.6 Å². The van der Waals surface area contributed by atoms with E-state index in [1.807, 2.05) is 13.2 Å². The van der Waals surface area contributed by atoms with Gasteiger partial charge in [-0.05, 0) is 25.4 Å². The third-order valence-corrected chi connectivity index (χ3v) is 2.70. The number of carboxylic acid groups (broad SMARTS) is 1. The van der Waals surface area contributed by atoms with Gasteiger partial charge in [-0.2, -0.15) is 11.8 Å². The standard InChI is InChI=1S/C11H18N2O3S/c1-4-5-9(10(14)15)13-11(16)12-8(2)6-7-17-3/h1,8-9H,5-7H2,2-3H3,(H,14,15)(H2,12,13,16). The van der Waals surface area contributed by atoms with Gasteiger partial charge in [-0.3, -0.25) is 0 Å². The normalized spacial score (nSPS) is 13.2. The molecule has 6 heteroatoms. The number of carbonyl (C=O) groups excluding carboxylic acids is 1. The van der Waals surface area contributed by atoms with Gasteiger partial charge >= 0.3 is 12.0 Å². The van der Waals surface area contributed by atoms with E-state index < -0.39 is 18.0 Å². The Morgan fingerprint density at radius 1 is 1.47 bits per heavy atom. The zero-order valence-corrected chi connectivity index (χ0v) is 10.8. The van der Waals surface area contributed by atoms with Crippen LogP contribution in [0.1, 0.15) is 19.8 Å². The second kappa shape index (κ2) is 8.76. The number of amides is 2. The second-order valence-corrected chi connectivity index (χ2v) is 4.58. The third-order valence-electron chi connectivity index (χ3n) is 2.06. The lowest BCUT2D eigenvalue weighted by Gasteiger charge is -2.16. The van der Waals surface area contributed by atoms with Gasteiger partial charge in [-0.25, -0.2) is 9.59 Å². The Morgan fingerprint density at radius 2 is 2.12 bits per heavy atom. The summed E-state index contributed by atoms with van der Waals surface area (Å²) >= 11 is 1.69. The summed E-state index contributed by atoms with van der Waals surface area (Å²) in [7, 11) is 0. The molecule has 0 aromatic carbocycles. The number of nitrogens with one attached hydrogen (secondary N) is 2. The molecule has 0 heterocycles. The summed E-state index contributed by atoms with van der Waals surface area (Å²) in [4.78, 5) is 22.2. The predicted molar refractivity (Wildman–Crippen MR) is 69.0 cm³/mol. The summed E-state index contributed by atoms with van der Waals surface area (Å²) in [5.74, 6) is 2.02. The van der Waals surface area contributed by atoms with Gasteiger partial charge in [-0.15, -0.1) is 12.3 Å². The molecule has 2 unspecified atom stereocenters. The van der Waals surface area contributed by atoms with Gasteiger partial charge in [-0.1, -0.05) is 0 Å². The van der Waals surface area contributed by atoms with Crippen LogP contribution >= 0.6 is 11.8 Å². The number of terminal acetylenes is 1. The zero-order chi connectivity index (χ0) is 13.3. The monoisotopic (exact) mass is 258 g/mol. The molecule has 5 nitrogen and oxygen atoms in total. The molecule has 0 saturated heterocycles. The van der Waals surface area contributed by atoms with E-state index in [1.54, 1.807) is 11.8 Å². The molecular formula is C11H18N2O3S. The smallest absolute Gasteiger partial charge is 0.327 e. The predicted octanol–water partition coefficient (Wildman–Crippen LogP) is 0.904. The van der Waals surface area contributed by atoms with Gasteiger partial charge in [0.25, 0.3) is 0 Å². The van der Waals surface area contributed by atoms with Crippen molar-refractivity contribution in [2.45, 2.75) is 31.8 Å². The largest absolute Gasteiger partial charge is 0.480 e. The van der Waals surface area contributed by atoms with Gasteiger partial charge in [0.1, 0.15) is 6.04 Å². The molecule has 0 spiro atoms. The van der Waals surface area contributed by atoms with Crippen LogP contribution in [0.2, 0.25) is 0 Å². The quantitative estimate of drug-likeness (QED) is 0.593. The number of urea groups is 1. The van der Waals surface area contributed by atoms with Crippen molar-refractivity contribution < 1.29 is 14.7 Å². The van der Waals surface area contributed by atoms with Crippen molar-refractivity contribution in [3.05, 3.63) is 0 Å². The molecule has 0 aromatic rings. The minimum atomic E-state index is -1.13. The molecule has 0 radical (unpaired) electrons. The molecule has 0 bridgehead atoms. The van der Waals surface area contributed by atoms with Crippen molar-refractivity contribution in [2.75, 3.05) is 12.0 Å². The van der Waals surface area contributed by atoms with Crippen LogP contribution in [0.15, 0.2) is 0 Å². The molecule has 0 aliphatic carbocycles. The third kappa shape index (κ3) is 7.53. The number of hydrogen-bond donors (Lipinski definition) is 3. The van der Waals surface area contributed by atoms with Gasteiger partial charge in [0.05, 0.1) is 0 Å². The lowest BCUT2D eigenvalue weighted by atomic mass is 10.2. The summed E-state index contributed by atoms with van der Waals surface area (Å²) in [5, 5.41) is 13.8. The van der Waals surface area contributed by atoms with Gasteiger partial charge in [0, 0.05) is 12.5 Å². The van der Waals surface area contributed by atoms with E-state index in [9.17, 15) is 9.59 Å². The molecule has 0 fully saturated rings. The van der Waals surface area contributed by atoms with Crippen molar-refractivity contribution in [1.82, 2.24) is 10.6 Å². The van der Waals surface area contributed by atoms with Gasteiger partial charge in [0.2, 0.25) is 0 Å². The van der Waals surface area contributed by atoms with E-state index in [-0.39, 0.29) is 12.5 Å². The Bertz CT molecular complexity index is 302. The van der Waals surface area contributed by atoms with Crippen LogP contribution in [-0.2, 0) is 4.79 Å². The topological polar surface area (TPSA) is 78.4 Å². The summed E-state index contributed by atoms with van der Waals surface area (Å²) in [6.45, 7) is 1.87. The first-order valence-electron chi connectivity index (χ1n) is 5.23. The highest BCUT2D eigenvalue weighted by molar-refractivity contribution is 7.98. The van der Waals surface area contributed by atoms with Gasteiger partial charge < -0.3 is 15.7 Å². The van der Waals surface area contributed by atoms with Crippen molar-refractivity contribution in [1.29, 1.82) is 0 Å². The van der Waals surface area contributed by atoms with Crippen molar-refractivity contribution >= 4 is 23.8 Å². The van der Waals surface area contributed by atoms with Crippen LogP contribution in [0.4, 0.5) is 4.79 Å². The van der Waals surface area contributed by atoms with E-state index >= 15 is 0 Å². The maximum Gasteiger partial charge on any atom is 0.327 e. The fourth-order valence-corrected chi connectivity index (χ4v) is 1.70. The molecule has 17 heavy (non-hydrogen) atoms. The average molecular weight is 258 g/mol. The van der Waals surface area contributed by atoms with E-state index in [0.717, 1.165) is 12.2 Å². The lowest BCUT2D eigenvalue weighted by molar-refractivity contribution is -0.139. The van der Waals surface area contributed by atoms with E-state index in [2.05, 4.69) is 16.6 Å². The minimum Gasteiger partial charge on any atom is -0.480 e. The first-order chi connectivity index (χ1) is 8.01. The fraction of sp³-hybridized carbons (Fsp3) is 0.636. The van der Waals surface area contributed by atoms with Crippen LogP contribution in [0.3, 0.4) is 0 Å². The van der Waals surface area contributed by atoms with Crippen LogP contribution in [0.25, 0.3) is 0 Å². The Labute approximate surface area is 106 Å². The first-order valence-corrected chi connectivity index (χ1v) is 6.62. The van der Waals surface area contributed by atoms with E-state index in [4.69, 9.17) is 11.5 Å². The highest BCUT2D eigenvalue weighted by Crippen LogP contribution is 1.99. The van der Waals surface area contributed by atoms with Crippen LogP contribution in [-0.4, -0.2) is 41.2 Å². The number of aliphatic carboxylic acids is 1. The van der Waals surface area contributed by atoms with E-state index in [1.165, 1.54) is 0 Å². The molecular weight excluding hydrogens is 240 g/mol. The molecule has 2 amide bonds. The SMILES string of the molecule is C#CCC(NC(=O)NC(C)CCSC)C(=O)O. The van der Waals surface area contributed by atoms with E-state index in [0.29, 0.717) is 0 Å². The second-order valence-electron chi connectivity index (χ2n) is 3.60. The fourth-order valence-electron chi connectivity index (χ4n) is 1.11. The molecule has 2 atom stereocenters. The highest BCUT2D eigenvalue weighted by atomic mass is 32.2. The molecule has 0 aliphatic heterocycles. The molecule has 0 aliphatic rings. The van der Waals surface area contributed by atoms with Gasteiger partial charge in [0.15, 0.2) is 0 Å². The highest BCUT2D eigenvalue weighted by Gasteiger charge is 2.19. The summed E-state index contributed by atoms with van der Waals surface area (Å²) in [6, 6.07) is -1.53. The van der Waals surface area contributed by atoms with Crippen molar-refractivity contribution in [3.8, 4) is 12.3 Å². The lowest BCUT2D eigenvalue weighted by Crippen LogP contribution is -2.48. The van der Waals surface area contributed by atoms with Crippen LogP contribution in [0, 0.1) is 12.3 Å². The van der Waals surface area contributed by atoms with Crippen LogP contribution in [0.5, 0.6) is 0 Å². The summed E-state index contributed by atoms with van der Waals surface area (Å²) < 4.78 is 0. The first kappa shape index (κ1) is 15.7. The number of rotatable bonds is 7. The maximum absolute atomic E-state index is 11.4. The Morgan fingerprint density at radius 3 is 2.59 bits per heavy atom. The number of carbonyl (C=O) groups is 2. The molecule has 0 saturated carbocycles. The van der Waals surface area contributed by atoms with Crippen molar-refractivity contribution in [2.24, 2.45) is 0 Å².